The Labute approximate surface area is 178 Å². The van der Waals surface area contributed by atoms with Gasteiger partial charge in [-0.2, -0.15) is 0 Å². The van der Waals surface area contributed by atoms with E-state index < -0.39 is 6.04 Å². The van der Waals surface area contributed by atoms with E-state index in [1.807, 2.05) is 48.5 Å². The molecule has 2 aromatic carbocycles. The topological polar surface area (TPSA) is 67.9 Å². The lowest BCUT2D eigenvalue weighted by Gasteiger charge is -2.29. The van der Waals surface area contributed by atoms with E-state index in [-0.39, 0.29) is 18.6 Å². The molecule has 3 rings (SSSR count). The molecule has 0 saturated carbocycles. The number of benzene rings is 2. The molecule has 0 aliphatic carbocycles. The summed E-state index contributed by atoms with van der Waals surface area (Å²) in [6, 6.07) is 15.0. The zero-order chi connectivity index (χ0) is 21.3. The van der Waals surface area contributed by atoms with Crippen molar-refractivity contribution >= 4 is 11.8 Å². The molecule has 1 atom stereocenters. The van der Waals surface area contributed by atoms with Crippen LogP contribution in [0.25, 0.3) is 0 Å². The van der Waals surface area contributed by atoms with Crippen LogP contribution in [0.15, 0.2) is 48.5 Å². The van der Waals surface area contributed by atoms with Gasteiger partial charge in [0.05, 0.1) is 0 Å². The Balaban J connectivity index is 1.66. The third kappa shape index (κ3) is 5.75. The van der Waals surface area contributed by atoms with E-state index in [1.54, 1.807) is 11.8 Å². The minimum atomic E-state index is -0.536. The van der Waals surface area contributed by atoms with Crippen molar-refractivity contribution < 1.29 is 19.1 Å². The van der Waals surface area contributed by atoms with Gasteiger partial charge in [0, 0.05) is 19.5 Å². The van der Waals surface area contributed by atoms with Crippen LogP contribution in [-0.4, -0.2) is 36.1 Å². The number of fused-ring (bicyclic) bond motifs is 1. The number of rotatable bonds is 10. The zero-order valence-corrected chi connectivity index (χ0v) is 17.7. The summed E-state index contributed by atoms with van der Waals surface area (Å²) in [6.07, 6.45) is 2.83. The van der Waals surface area contributed by atoms with Crippen LogP contribution in [-0.2, 0) is 22.6 Å². The Morgan fingerprint density at radius 1 is 1.07 bits per heavy atom. The normalized spacial score (nSPS) is 13.0. The van der Waals surface area contributed by atoms with Gasteiger partial charge in [-0.05, 0) is 43.0 Å². The molecule has 2 amide bonds. The van der Waals surface area contributed by atoms with Crippen molar-refractivity contribution in [3.63, 3.8) is 0 Å². The highest BCUT2D eigenvalue weighted by molar-refractivity contribution is 5.87. The smallest absolute Gasteiger partial charge is 0.242 e. The molecule has 2 aromatic rings. The molecule has 1 N–H and O–H groups in total. The second kappa shape index (κ2) is 10.7. The lowest BCUT2D eigenvalue weighted by atomic mass is 10.1. The van der Waals surface area contributed by atoms with Crippen LogP contribution in [0.4, 0.5) is 0 Å². The van der Waals surface area contributed by atoms with Crippen LogP contribution < -0.4 is 14.8 Å². The van der Waals surface area contributed by atoms with Gasteiger partial charge in [0.2, 0.25) is 18.6 Å². The van der Waals surface area contributed by atoms with Gasteiger partial charge in [0.1, 0.15) is 6.04 Å². The van der Waals surface area contributed by atoms with Crippen molar-refractivity contribution in [1.82, 2.24) is 10.2 Å². The van der Waals surface area contributed by atoms with Gasteiger partial charge in [-0.15, -0.1) is 0 Å². The van der Waals surface area contributed by atoms with Crippen molar-refractivity contribution in [2.75, 3.05) is 13.3 Å². The molecule has 160 valence electrons. The predicted octanol–water partition coefficient (Wildman–Crippen LogP) is 3.68. The lowest BCUT2D eigenvalue weighted by Crippen LogP contribution is -2.47. The van der Waals surface area contributed by atoms with E-state index in [4.69, 9.17) is 9.47 Å². The highest BCUT2D eigenvalue weighted by Gasteiger charge is 2.26. The molecule has 1 aliphatic heterocycles. The molecule has 0 radical (unpaired) electrons. The van der Waals surface area contributed by atoms with Gasteiger partial charge in [0.15, 0.2) is 11.5 Å². The summed E-state index contributed by atoms with van der Waals surface area (Å²) in [6.45, 7) is 5.14. The van der Waals surface area contributed by atoms with Crippen molar-refractivity contribution in [1.29, 1.82) is 0 Å². The second-order valence-electron chi connectivity index (χ2n) is 7.52. The monoisotopic (exact) mass is 410 g/mol. The fourth-order valence-electron chi connectivity index (χ4n) is 3.39. The molecule has 0 spiro atoms. The minimum absolute atomic E-state index is 0.0466. The minimum Gasteiger partial charge on any atom is -0.454 e. The average Bonchev–Trinajstić information content (AvgIpc) is 3.24. The summed E-state index contributed by atoms with van der Waals surface area (Å²) in [4.78, 5) is 27.4. The molecule has 30 heavy (non-hydrogen) atoms. The molecular formula is C24H30N2O4. The maximum atomic E-state index is 13.1. The van der Waals surface area contributed by atoms with E-state index in [2.05, 4.69) is 12.2 Å². The molecule has 1 unspecified atom stereocenters. The van der Waals surface area contributed by atoms with Gasteiger partial charge in [-0.1, -0.05) is 49.7 Å². The van der Waals surface area contributed by atoms with Crippen LogP contribution in [0, 0.1) is 0 Å². The molecular weight excluding hydrogens is 380 g/mol. The summed E-state index contributed by atoms with van der Waals surface area (Å²) in [5, 5.41) is 2.94. The van der Waals surface area contributed by atoms with Crippen molar-refractivity contribution in [3.05, 3.63) is 59.7 Å². The number of hydrogen-bond donors (Lipinski definition) is 1. The third-order valence-electron chi connectivity index (χ3n) is 5.26. The first kappa shape index (κ1) is 21.7. The van der Waals surface area contributed by atoms with Gasteiger partial charge in [-0.25, -0.2) is 0 Å². The van der Waals surface area contributed by atoms with Crippen LogP contribution >= 0.6 is 0 Å². The SMILES string of the molecule is CCCCNC(=O)C(C)N(Cc1ccccc1)C(=O)CCc1ccc2c(c1)OCO2. The number of unbranched alkanes of at least 4 members (excludes halogenated alkanes) is 1. The maximum Gasteiger partial charge on any atom is 0.242 e. The molecule has 0 bridgehead atoms. The number of carbonyl (C=O) groups is 2. The molecule has 1 aliphatic rings. The molecule has 6 heteroatoms. The quantitative estimate of drug-likeness (QED) is 0.607. The summed E-state index contributed by atoms with van der Waals surface area (Å²) >= 11 is 0. The average molecular weight is 411 g/mol. The van der Waals surface area contributed by atoms with Gasteiger partial charge in [0.25, 0.3) is 0 Å². The van der Waals surface area contributed by atoms with E-state index in [0.717, 1.165) is 29.7 Å². The van der Waals surface area contributed by atoms with E-state index in [0.29, 0.717) is 31.7 Å². The first-order valence-electron chi connectivity index (χ1n) is 10.6. The Morgan fingerprint density at radius 2 is 1.83 bits per heavy atom. The van der Waals surface area contributed by atoms with E-state index in [9.17, 15) is 9.59 Å². The second-order valence-corrected chi connectivity index (χ2v) is 7.52. The predicted molar refractivity (Wildman–Crippen MR) is 115 cm³/mol. The van der Waals surface area contributed by atoms with E-state index >= 15 is 0 Å². The zero-order valence-electron chi connectivity index (χ0n) is 17.7. The molecule has 1 heterocycles. The van der Waals surface area contributed by atoms with E-state index in [1.165, 1.54) is 0 Å². The number of hydrogen-bond acceptors (Lipinski definition) is 4. The molecule has 0 saturated heterocycles. The molecule has 6 nitrogen and oxygen atoms in total. The summed E-state index contributed by atoms with van der Waals surface area (Å²) in [5.41, 5.74) is 2.01. The fourth-order valence-corrected chi connectivity index (χ4v) is 3.39. The van der Waals surface area contributed by atoms with Gasteiger partial charge in [-0.3, -0.25) is 9.59 Å². The summed E-state index contributed by atoms with van der Waals surface area (Å²) in [5.74, 6) is 1.28. The maximum absolute atomic E-state index is 13.1. The lowest BCUT2D eigenvalue weighted by molar-refractivity contribution is -0.140. The number of ether oxygens (including phenoxy) is 2. The van der Waals surface area contributed by atoms with Gasteiger partial charge < -0.3 is 19.7 Å². The van der Waals surface area contributed by atoms with Crippen LogP contribution in [0.5, 0.6) is 11.5 Å². The molecule has 0 aromatic heterocycles. The number of carbonyl (C=O) groups excluding carboxylic acids is 2. The van der Waals surface area contributed by atoms with Crippen molar-refractivity contribution in [3.8, 4) is 11.5 Å². The number of nitrogens with zero attached hydrogens (tertiary/aromatic N) is 1. The van der Waals surface area contributed by atoms with Crippen molar-refractivity contribution in [2.45, 2.75) is 52.1 Å². The Morgan fingerprint density at radius 3 is 2.60 bits per heavy atom. The Bertz CT molecular complexity index is 854. The first-order valence-corrected chi connectivity index (χ1v) is 10.6. The number of aryl methyl sites for hydroxylation is 1. The third-order valence-corrected chi connectivity index (χ3v) is 5.26. The highest BCUT2D eigenvalue weighted by Crippen LogP contribution is 2.32. The first-order chi connectivity index (χ1) is 14.6. The standard InChI is InChI=1S/C24H30N2O4/c1-3-4-14-25-24(28)18(2)26(16-20-8-6-5-7-9-20)23(27)13-11-19-10-12-21-22(15-19)30-17-29-21/h5-10,12,15,18H,3-4,11,13-14,16-17H2,1-2H3,(H,25,28). The van der Waals surface area contributed by atoms with Gasteiger partial charge >= 0.3 is 0 Å². The van der Waals surface area contributed by atoms with Crippen LogP contribution in [0.2, 0.25) is 0 Å². The number of amides is 2. The largest absolute Gasteiger partial charge is 0.454 e. The van der Waals surface area contributed by atoms with Crippen LogP contribution in [0.1, 0.15) is 44.2 Å². The molecule has 0 fully saturated rings. The van der Waals surface area contributed by atoms with Crippen LogP contribution in [0.3, 0.4) is 0 Å². The number of nitrogens with one attached hydrogen (secondary N) is 1. The Hall–Kier alpha value is -3.02. The fraction of sp³-hybridized carbons (Fsp3) is 0.417. The van der Waals surface area contributed by atoms with Crippen molar-refractivity contribution in [2.24, 2.45) is 0 Å². The summed E-state index contributed by atoms with van der Waals surface area (Å²) < 4.78 is 10.8. The Kier molecular flexibility index (Phi) is 7.71. The summed E-state index contributed by atoms with van der Waals surface area (Å²) in [7, 11) is 0. The highest BCUT2D eigenvalue weighted by atomic mass is 16.7.